The second-order valence-electron chi connectivity index (χ2n) is 20.2. The maximum absolute atomic E-state index is 11.8. The fraction of sp³-hybridized carbons (Fsp3) is 0.750. The highest BCUT2D eigenvalue weighted by molar-refractivity contribution is 7.88. The Labute approximate surface area is 313 Å². The zero-order valence-electron chi connectivity index (χ0n) is 32.9. The standard InChI is InChI=1S/C44H65N3O4S/c1-27(2)30-15-20-44(45-23-24-47-25-31-32(26-47)38(31)46-52(8,50)51)22-21-42(6)34(37(30)44)13-14-36-41(5)18-16-33(28-9-11-29(12-10-28)39(48)49)40(3,4)35(41)17-19-43(36,42)7/h9-12,16,30-32,34-38,45-46H,1,13-15,17-26H2,2-8H3,(H,48,49)/t30-,31?,32?,34+,35-,36+,37+,38?,41-,42+,43+,44-/m0/s1. The Balaban J connectivity index is 1.01. The van der Waals surface area contributed by atoms with Crippen molar-refractivity contribution < 1.29 is 18.3 Å². The number of carboxylic acid groups (broad SMARTS) is 1. The van der Waals surface area contributed by atoms with Crippen LogP contribution in [0, 0.1) is 63.1 Å². The molecule has 1 heterocycles. The molecule has 0 amide bonds. The number of benzene rings is 1. The quantitative estimate of drug-likeness (QED) is 0.224. The van der Waals surface area contributed by atoms with Crippen molar-refractivity contribution in [2.24, 2.45) is 63.1 Å². The SMILES string of the molecule is C=C(C)[C@@H]1CC[C@]2(NCCN3CC4C(C3)C4NS(C)(=O)=O)CC[C@]3(C)[C@H](CC[C@@H]4[C@@]5(C)CC=C(c6ccc(C(=O)O)cc6)C(C)(C)[C@@H]5CC[C@]43C)[C@@H]12. The number of hydrogen-bond acceptors (Lipinski definition) is 5. The highest BCUT2D eigenvalue weighted by Crippen LogP contribution is 2.76. The second-order valence-corrected chi connectivity index (χ2v) is 22.0. The van der Waals surface area contributed by atoms with Crippen LogP contribution in [-0.4, -0.2) is 68.4 Å². The number of likely N-dealkylation sites (tertiary alicyclic amines) is 1. The number of fused-ring (bicyclic) bond motifs is 8. The summed E-state index contributed by atoms with van der Waals surface area (Å²) in [7, 11) is -3.14. The number of allylic oxidation sites excluding steroid dienone is 3. The van der Waals surface area contributed by atoms with Crippen LogP contribution in [0.1, 0.15) is 115 Å². The summed E-state index contributed by atoms with van der Waals surface area (Å²) in [6.45, 7) is 24.0. The zero-order valence-corrected chi connectivity index (χ0v) is 33.7. The number of nitrogens with one attached hydrogen (secondary N) is 2. The van der Waals surface area contributed by atoms with E-state index in [1.165, 1.54) is 74.3 Å². The van der Waals surface area contributed by atoms with E-state index in [1.807, 2.05) is 12.1 Å². The molecular weight excluding hydrogens is 667 g/mol. The molecule has 1 aromatic rings. The Morgan fingerprint density at radius 2 is 1.62 bits per heavy atom. The average molecular weight is 732 g/mol. The molecule has 0 aromatic heterocycles. The van der Waals surface area contributed by atoms with Gasteiger partial charge in [0.1, 0.15) is 0 Å². The summed E-state index contributed by atoms with van der Waals surface area (Å²) >= 11 is 0. The molecular formula is C44H65N3O4S. The third kappa shape index (κ3) is 5.49. The summed E-state index contributed by atoms with van der Waals surface area (Å²) in [5.41, 5.74) is 5.32. The molecule has 0 radical (unpaired) electrons. The van der Waals surface area contributed by atoms with Gasteiger partial charge in [-0.2, -0.15) is 0 Å². The van der Waals surface area contributed by atoms with Gasteiger partial charge in [0.15, 0.2) is 0 Å². The summed E-state index contributed by atoms with van der Waals surface area (Å²) in [4.78, 5) is 14.1. The smallest absolute Gasteiger partial charge is 0.335 e. The first-order valence-corrected chi connectivity index (χ1v) is 22.4. The van der Waals surface area contributed by atoms with Gasteiger partial charge < -0.3 is 15.3 Å². The molecule has 1 saturated heterocycles. The van der Waals surface area contributed by atoms with E-state index in [-0.39, 0.29) is 33.2 Å². The number of aromatic carboxylic acids is 1. The van der Waals surface area contributed by atoms with Gasteiger partial charge in [0, 0.05) is 37.8 Å². The van der Waals surface area contributed by atoms with Gasteiger partial charge >= 0.3 is 5.97 Å². The number of piperidine rings is 1. The molecule has 5 saturated carbocycles. The van der Waals surface area contributed by atoms with Crippen LogP contribution in [0.5, 0.6) is 0 Å². The third-order valence-corrected chi connectivity index (χ3v) is 18.3. The molecule has 52 heavy (non-hydrogen) atoms. The summed E-state index contributed by atoms with van der Waals surface area (Å²) in [5.74, 6) is 3.26. The number of nitrogens with zero attached hydrogens (tertiary/aromatic N) is 1. The monoisotopic (exact) mass is 731 g/mol. The Morgan fingerprint density at radius 1 is 0.923 bits per heavy atom. The van der Waals surface area contributed by atoms with Crippen molar-refractivity contribution in [2.45, 2.75) is 111 Å². The van der Waals surface area contributed by atoms with E-state index in [0.29, 0.717) is 47.0 Å². The van der Waals surface area contributed by atoms with Gasteiger partial charge in [0.2, 0.25) is 10.0 Å². The van der Waals surface area contributed by atoms with E-state index in [2.05, 4.69) is 69.1 Å². The van der Waals surface area contributed by atoms with Crippen molar-refractivity contribution in [1.29, 1.82) is 0 Å². The van der Waals surface area contributed by atoms with E-state index < -0.39 is 16.0 Å². The van der Waals surface area contributed by atoms with Crippen molar-refractivity contribution in [3.63, 3.8) is 0 Å². The van der Waals surface area contributed by atoms with E-state index in [0.717, 1.165) is 32.6 Å². The van der Waals surface area contributed by atoms with Crippen molar-refractivity contribution in [1.82, 2.24) is 14.9 Å². The molecule has 0 bridgehead atoms. The normalized spacial score (nSPS) is 44.8. The highest BCUT2D eigenvalue weighted by atomic mass is 32.2. The summed E-state index contributed by atoms with van der Waals surface area (Å²) < 4.78 is 26.4. The predicted octanol–water partition coefficient (Wildman–Crippen LogP) is 7.86. The molecule has 8 heteroatoms. The number of rotatable bonds is 9. The van der Waals surface area contributed by atoms with Crippen LogP contribution in [0.3, 0.4) is 0 Å². The topological polar surface area (TPSA) is 98.7 Å². The molecule has 6 fully saturated rings. The lowest BCUT2D eigenvalue weighted by atomic mass is 9.33. The lowest BCUT2D eigenvalue weighted by Crippen LogP contribution is -2.68. The molecule has 11 atom stereocenters. The van der Waals surface area contributed by atoms with E-state index in [9.17, 15) is 18.3 Å². The molecule has 6 aliphatic carbocycles. The fourth-order valence-electron chi connectivity index (χ4n) is 15.0. The highest BCUT2D eigenvalue weighted by Gasteiger charge is 2.70. The maximum atomic E-state index is 11.8. The molecule has 286 valence electrons. The fourth-order valence-corrected chi connectivity index (χ4v) is 15.9. The van der Waals surface area contributed by atoms with Gasteiger partial charge in [-0.1, -0.05) is 65.0 Å². The molecule has 7 aliphatic rings. The van der Waals surface area contributed by atoms with Crippen LogP contribution in [0.25, 0.3) is 5.57 Å². The van der Waals surface area contributed by atoms with Crippen LogP contribution >= 0.6 is 0 Å². The number of sulfonamides is 1. The van der Waals surface area contributed by atoms with E-state index in [4.69, 9.17) is 0 Å². The van der Waals surface area contributed by atoms with Crippen LogP contribution < -0.4 is 10.0 Å². The predicted molar refractivity (Wildman–Crippen MR) is 209 cm³/mol. The van der Waals surface area contributed by atoms with E-state index in [1.54, 1.807) is 12.1 Å². The van der Waals surface area contributed by atoms with Crippen molar-refractivity contribution in [2.75, 3.05) is 32.4 Å². The Kier molecular flexibility index (Phi) is 8.70. The van der Waals surface area contributed by atoms with Gasteiger partial charge in [-0.3, -0.25) is 0 Å². The molecule has 3 N–H and O–H groups in total. The molecule has 8 rings (SSSR count). The summed E-state index contributed by atoms with van der Waals surface area (Å²) in [6.07, 6.45) is 15.1. The first-order chi connectivity index (χ1) is 24.3. The van der Waals surface area contributed by atoms with E-state index >= 15 is 0 Å². The lowest BCUT2D eigenvalue weighted by molar-refractivity contribution is -0.219. The molecule has 1 aliphatic heterocycles. The van der Waals surface area contributed by atoms with Crippen LogP contribution in [0.2, 0.25) is 0 Å². The lowest BCUT2D eigenvalue weighted by Gasteiger charge is -2.72. The first kappa shape index (κ1) is 36.9. The van der Waals surface area contributed by atoms with Crippen molar-refractivity contribution in [3.8, 4) is 0 Å². The van der Waals surface area contributed by atoms with Gasteiger partial charge in [-0.25, -0.2) is 17.9 Å². The Morgan fingerprint density at radius 3 is 2.25 bits per heavy atom. The molecule has 7 nitrogen and oxygen atoms in total. The van der Waals surface area contributed by atoms with Crippen LogP contribution in [-0.2, 0) is 10.0 Å². The zero-order chi connectivity index (χ0) is 37.2. The maximum Gasteiger partial charge on any atom is 0.335 e. The minimum Gasteiger partial charge on any atom is -0.478 e. The molecule has 2 unspecified atom stereocenters. The second kappa shape index (κ2) is 12.2. The van der Waals surface area contributed by atoms with Gasteiger partial charge in [0.05, 0.1) is 11.8 Å². The molecule has 0 spiro atoms. The van der Waals surface area contributed by atoms with Gasteiger partial charge in [-0.15, -0.1) is 0 Å². The average Bonchev–Trinajstić information content (AvgIpc) is 3.36. The van der Waals surface area contributed by atoms with Crippen molar-refractivity contribution >= 4 is 21.6 Å². The summed E-state index contributed by atoms with van der Waals surface area (Å²) in [5, 5.41) is 13.8. The number of carbonyl (C=O) groups is 1. The number of carboxylic acids is 1. The van der Waals surface area contributed by atoms with Crippen LogP contribution in [0.4, 0.5) is 0 Å². The van der Waals surface area contributed by atoms with Gasteiger partial charge in [0.25, 0.3) is 0 Å². The summed E-state index contributed by atoms with van der Waals surface area (Å²) in [6, 6.07) is 7.75. The minimum absolute atomic E-state index is 0.0138. The number of hydrogen-bond donors (Lipinski definition) is 3. The molecule has 1 aromatic carbocycles. The Bertz CT molecular complexity index is 1760. The first-order valence-electron chi connectivity index (χ1n) is 20.5. The Hall–Kier alpha value is -2.00. The van der Waals surface area contributed by atoms with Gasteiger partial charge in [-0.05, 0) is 151 Å². The van der Waals surface area contributed by atoms with Crippen LogP contribution in [0.15, 0.2) is 42.5 Å². The third-order valence-electron chi connectivity index (χ3n) is 17.6. The van der Waals surface area contributed by atoms with Crippen molar-refractivity contribution in [3.05, 3.63) is 53.6 Å². The minimum atomic E-state index is -3.14. The largest absolute Gasteiger partial charge is 0.478 e.